The molecule has 23 heavy (non-hydrogen) atoms. The predicted octanol–water partition coefficient (Wildman–Crippen LogP) is 2.40. The molecule has 2 fully saturated rings. The number of fused-ring (bicyclic) bond motifs is 1. The van der Waals surface area contributed by atoms with E-state index >= 15 is 0 Å². The first-order valence-electron chi connectivity index (χ1n) is 8.99. The number of pyridine rings is 1. The second kappa shape index (κ2) is 6.97. The Kier molecular flexibility index (Phi) is 4.57. The third-order valence-electron chi connectivity index (χ3n) is 5.21. The molecule has 1 N–H and O–H groups in total. The maximum atomic E-state index is 5.66. The standard InChI is InChI=1S/C18H26N4O/c1-4-16-18(20-7-1)22(12-14-5-8-19-9-6-14)17(21-16)11-15-3-2-10-23-13-15/h1,4,7,14-15,19H,2-3,5-6,8-13H2. The van der Waals surface area contributed by atoms with Crippen LogP contribution >= 0.6 is 0 Å². The summed E-state index contributed by atoms with van der Waals surface area (Å²) in [6.07, 6.45) is 7.83. The first-order chi connectivity index (χ1) is 11.4. The van der Waals surface area contributed by atoms with Gasteiger partial charge in [-0.1, -0.05) is 0 Å². The van der Waals surface area contributed by atoms with Gasteiger partial charge in [0.25, 0.3) is 0 Å². The van der Waals surface area contributed by atoms with Gasteiger partial charge in [-0.15, -0.1) is 0 Å². The molecule has 1 atom stereocenters. The number of rotatable bonds is 4. The van der Waals surface area contributed by atoms with Gasteiger partial charge in [-0.25, -0.2) is 9.97 Å². The van der Waals surface area contributed by atoms with Crippen molar-refractivity contribution in [3.63, 3.8) is 0 Å². The highest BCUT2D eigenvalue weighted by Gasteiger charge is 2.22. The topological polar surface area (TPSA) is 52.0 Å². The van der Waals surface area contributed by atoms with E-state index in [1.165, 1.54) is 31.5 Å². The molecule has 0 radical (unpaired) electrons. The highest BCUT2D eigenvalue weighted by molar-refractivity contribution is 5.71. The third-order valence-corrected chi connectivity index (χ3v) is 5.21. The lowest BCUT2D eigenvalue weighted by Gasteiger charge is -2.25. The molecule has 0 bridgehead atoms. The van der Waals surface area contributed by atoms with E-state index in [1.54, 1.807) is 0 Å². The van der Waals surface area contributed by atoms with Gasteiger partial charge in [0.15, 0.2) is 5.65 Å². The second-order valence-electron chi connectivity index (χ2n) is 6.97. The van der Waals surface area contributed by atoms with Crippen LogP contribution in [0.2, 0.25) is 0 Å². The molecule has 2 aliphatic heterocycles. The Hall–Kier alpha value is -1.46. The van der Waals surface area contributed by atoms with Gasteiger partial charge in [-0.3, -0.25) is 0 Å². The summed E-state index contributed by atoms with van der Waals surface area (Å²) in [6.45, 7) is 5.12. The predicted molar refractivity (Wildman–Crippen MR) is 90.4 cm³/mol. The minimum atomic E-state index is 0.604. The van der Waals surface area contributed by atoms with Crippen LogP contribution in [0.25, 0.3) is 11.2 Å². The van der Waals surface area contributed by atoms with Crippen LogP contribution in [0.15, 0.2) is 18.3 Å². The van der Waals surface area contributed by atoms with Gasteiger partial charge in [-0.05, 0) is 62.7 Å². The molecule has 2 aromatic rings. The highest BCUT2D eigenvalue weighted by atomic mass is 16.5. The lowest BCUT2D eigenvalue weighted by Crippen LogP contribution is -2.30. The molecule has 124 valence electrons. The average Bonchev–Trinajstić information content (AvgIpc) is 2.94. The van der Waals surface area contributed by atoms with E-state index in [1.807, 2.05) is 12.3 Å². The average molecular weight is 314 g/mol. The van der Waals surface area contributed by atoms with Crippen LogP contribution in [0.4, 0.5) is 0 Å². The van der Waals surface area contributed by atoms with Gasteiger partial charge in [0, 0.05) is 32.4 Å². The summed E-state index contributed by atoms with van der Waals surface area (Å²) in [5.74, 6) is 2.54. The Balaban J connectivity index is 1.60. The molecule has 5 nitrogen and oxygen atoms in total. The largest absolute Gasteiger partial charge is 0.381 e. The van der Waals surface area contributed by atoms with Crippen molar-refractivity contribution in [1.29, 1.82) is 0 Å². The van der Waals surface area contributed by atoms with Crippen LogP contribution in [0.5, 0.6) is 0 Å². The van der Waals surface area contributed by atoms with Crippen LogP contribution < -0.4 is 5.32 Å². The normalized spacial score (nSPS) is 23.4. The van der Waals surface area contributed by atoms with E-state index < -0.39 is 0 Å². The van der Waals surface area contributed by atoms with Crippen molar-refractivity contribution in [3.8, 4) is 0 Å². The van der Waals surface area contributed by atoms with E-state index in [9.17, 15) is 0 Å². The van der Waals surface area contributed by atoms with Gasteiger partial charge in [-0.2, -0.15) is 0 Å². The van der Waals surface area contributed by atoms with Gasteiger partial charge >= 0.3 is 0 Å². The third kappa shape index (κ3) is 3.40. The second-order valence-corrected chi connectivity index (χ2v) is 6.97. The minimum absolute atomic E-state index is 0.604. The molecule has 0 amide bonds. The molecule has 4 heterocycles. The summed E-state index contributed by atoms with van der Waals surface area (Å²) in [5.41, 5.74) is 2.09. The molecule has 1 unspecified atom stereocenters. The molecule has 2 saturated heterocycles. The Labute approximate surface area is 137 Å². The molecular formula is C18H26N4O. The summed E-state index contributed by atoms with van der Waals surface area (Å²) in [4.78, 5) is 9.52. The molecule has 0 aliphatic carbocycles. The van der Waals surface area contributed by atoms with Crippen molar-refractivity contribution in [2.45, 2.75) is 38.6 Å². The van der Waals surface area contributed by atoms with Crippen molar-refractivity contribution < 1.29 is 4.74 Å². The Morgan fingerprint density at radius 1 is 1.22 bits per heavy atom. The summed E-state index contributed by atoms with van der Waals surface area (Å²) >= 11 is 0. The lowest BCUT2D eigenvalue weighted by atomic mass is 9.96. The molecule has 5 heteroatoms. The minimum Gasteiger partial charge on any atom is -0.381 e. The van der Waals surface area contributed by atoms with E-state index in [2.05, 4.69) is 20.9 Å². The first kappa shape index (κ1) is 15.1. The zero-order chi connectivity index (χ0) is 15.5. The van der Waals surface area contributed by atoms with E-state index in [-0.39, 0.29) is 0 Å². The van der Waals surface area contributed by atoms with Crippen molar-refractivity contribution in [2.24, 2.45) is 11.8 Å². The lowest BCUT2D eigenvalue weighted by molar-refractivity contribution is 0.0539. The summed E-state index contributed by atoms with van der Waals surface area (Å²) < 4.78 is 8.05. The fourth-order valence-electron chi connectivity index (χ4n) is 3.90. The Bertz CT molecular complexity index is 642. The van der Waals surface area contributed by atoms with Gasteiger partial charge in [0.05, 0.1) is 0 Å². The molecule has 2 aliphatic rings. The Morgan fingerprint density at radius 2 is 2.13 bits per heavy atom. The summed E-state index contributed by atoms with van der Waals surface area (Å²) in [7, 11) is 0. The zero-order valence-electron chi connectivity index (χ0n) is 13.7. The zero-order valence-corrected chi connectivity index (χ0v) is 13.7. The maximum Gasteiger partial charge on any atom is 0.159 e. The monoisotopic (exact) mass is 314 g/mol. The van der Waals surface area contributed by atoms with E-state index in [0.29, 0.717) is 5.92 Å². The fraction of sp³-hybridized carbons (Fsp3) is 0.667. The van der Waals surface area contributed by atoms with Crippen LogP contribution in [-0.2, 0) is 17.7 Å². The van der Waals surface area contributed by atoms with Gasteiger partial charge in [0.2, 0.25) is 0 Å². The van der Waals surface area contributed by atoms with E-state index in [0.717, 1.165) is 56.4 Å². The van der Waals surface area contributed by atoms with Gasteiger partial charge < -0.3 is 14.6 Å². The van der Waals surface area contributed by atoms with Crippen LogP contribution in [-0.4, -0.2) is 40.8 Å². The molecule has 2 aromatic heterocycles. The summed E-state index contributed by atoms with van der Waals surface area (Å²) in [5, 5.41) is 3.45. The smallest absolute Gasteiger partial charge is 0.159 e. The van der Waals surface area contributed by atoms with Crippen LogP contribution in [0, 0.1) is 11.8 Å². The molecule has 4 rings (SSSR count). The number of imidazole rings is 1. The molecule has 0 aromatic carbocycles. The van der Waals surface area contributed by atoms with Gasteiger partial charge in [0.1, 0.15) is 11.3 Å². The first-order valence-corrected chi connectivity index (χ1v) is 8.99. The highest BCUT2D eigenvalue weighted by Crippen LogP contribution is 2.24. The Morgan fingerprint density at radius 3 is 2.96 bits per heavy atom. The van der Waals surface area contributed by atoms with Crippen LogP contribution in [0.3, 0.4) is 0 Å². The number of hydrogen-bond donors (Lipinski definition) is 1. The van der Waals surface area contributed by atoms with Crippen molar-refractivity contribution in [1.82, 2.24) is 19.9 Å². The number of nitrogens with one attached hydrogen (secondary N) is 1. The number of nitrogens with zero attached hydrogens (tertiary/aromatic N) is 3. The quantitative estimate of drug-likeness (QED) is 0.941. The van der Waals surface area contributed by atoms with Crippen LogP contribution in [0.1, 0.15) is 31.5 Å². The van der Waals surface area contributed by atoms with E-state index in [4.69, 9.17) is 9.72 Å². The van der Waals surface area contributed by atoms with Crippen molar-refractivity contribution in [2.75, 3.05) is 26.3 Å². The van der Waals surface area contributed by atoms with Crippen molar-refractivity contribution in [3.05, 3.63) is 24.2 Å². The number of hydrogen-bond acceptors (Lipinski definition) is 4. The number of ether oxygens (including phenoxy) is 1. The summed E-state index contributed by atoms with van der Waals surface area (Å²) in [6, 6.07) is 4.07. The molecule has 0 spiro atoms. The van der Waals surface area contributed by atoms with Crippen molar-refractivity contribution >= 4 is 11.2 Å². The fourth-order valence-corrected chi connectivity index (χ4v) is 3.90. The SMILES string of the molecule is c1cnc2c(c1)nc(CC1CCCOC1)n2CC1CCNCC1. The number of aromatic nitrogens is 3. The maximum absolute atomic E-state index is 5.66. The molecule has 0 saturated carbocycles. The number of piperidine rings is 1. The molecular weight excluding hydrogens is 288 g/mol.